The van der Waals surface area contributed by atoms with E-state index in [-0.39, 0.29) is 5.97 Å². The van der Waals surface area contributed by atoms with Crippen LogP contribution in [0, 0.1) is 0 Å². The first-order chi connectivity index (χ1) is 8.10. The minimum Gasteiger partial charge on any atom is -0.464 e. The number of anilines is 2. The van der Waals surface area contributed by atoms with Gasteiger partial charge in [0.1, 0.15) is 5.69 Å². The maximum atomic E-state index is 11.4. The van der Waals surface area contributed by atoms with Crippen LogP contribution in [0.5, 0.6) is 0 Å². The average Bonchev–Trinajstić information content (AvgIpc) is 2.85. The first-order valence-electron chi connectivity index (χ1n) is 5.11. The van der Waals surface area contributed by atoms with Gasteiger partial charge in [0.05, 0.1) is 12.8 Å². The van der Waals surface area contributed by atoms with Gasteiger partial charge in [-0.05, 0) is 6.07 Å². The quantitative estimate of drug-likeness (QED) is 0.813. The average molecular weight is 234 g/mol. The van der Waals surface area contributed by atoms with Crippen LogP contribution in [0.25, 0.3) is 0 Å². The number of esters is 1. The number of nitrogens with one attached hydrogen (secondary N) is 1. The van der Waals surface area contributed by atoms with Crippen LogP contribution in [0.2, 0.25) is 0 Å². The SMILES string of the molecule is COC(=O)c1cc(Nc2ccn(C)n2)cn1C. The van der Waals surface area contributed by atoms with Crippen LogP contribution < -0.4 is 5.32 Å². The summed E-state index contributed by atoms with van der Waals surface area (Å²) in [5.41, 5.74) is 1.29. The highest BCUT2D eigenvalue weighted by Gasteiger charge is 2.12. The summed E-state index contributed by atoms with van der Waals surface area (Å²) in [4.78, 5) is 11.4. The summed E-state index contributed by atoms with van der Waals surface area (Å²) in [6.07, 6.45) is 3.65. The molecule has 6 nitrogen and oxygen atoms in total. The maximum absolute atomic E-state index is 11.4. The summed E-state index contributed by atoms with van der Waals surface area (Å²) < 4.78 is 8.08. The van der Waals surface area contributed by atoms with E-state index in [1.165, 1.54) is 7.11 Å². The molecule has 0 aliphatic rings. The van der Waals surface area contributed by atoms with Gasteiger partial charge in [-0.2, -0.15) is 5.10 Å². The zero-order valence-electron chi connectivity index (χ0n) is 9.97. The second kappa shape index (κ2) is 4.32. The molecule has 0 saturated heterocycles. The first kappa shape index (κ1) is 11.3. The highest BCUT2D eigenvalue weighted by Crippen LogP contribution is 2.17. The summed E-state index contributed by atoms with van der Waals surface area (Å²) in [7, 11) is 4.99. The van der Waals surface area contributed by atoms with Crippen molar-refractivity contribution in [2.45, 2.75) is 0 Å². The van der Waals surface area contributed by atoms with E-state index >= 15 is 0 Å². The molecule has 0 amide bonds. The van der Waals surface area contributed by atoms with Gasteiger partial charge in [-0.25, -0.2) is 4.79 Å². The van der Waals surface area contributed by atoms with Gasteiger partial charge < -0.3 is 14.6 Å². The van der Waals surface area contributed by atoms with Gasteiger partial charge in [-0.15, -0.1) is 0 Å². The summed E-state index contributed by atoms with van der Waals surface area (Å²) in [6.45, 7) is 0. The molecule has 0 fully saturated rings. The molecule has 90 valence electrons. The van der Waals surface area contributed by atoms with Gasteiger partial charge in [0.2, 0.25) is 0 Å². The van der Waals surface area contributed by atoms with Crippen molar-refractivity contribution < 1.29 is 9.53 Å². The van der Waals surface area contributed by atoms with E-state index in [4.69, 9.17) is 0 Å². The molecule has 1 N–H and O–H groups in total. The molecule has 2 aromatic heterocycles. The third-order valence-corrected chi connectivity index (χ3v) is 2.39. The van der Waals surface area contributed by atoms with Crippen LogP contribution in [0.4, 0.5) is 11.5 Å². The molecule has 0 spiro atoms. The molecule has 17 heavy (non-hydrogen) atoms. The Labute approximate surface area is 98.8 Å². The predicted molar refractivity (Wildman–Crippen MR) is 63.2 cm³/mol. The van der Waals surface area contributed by atoms with Gasteiger partial charge >= 0.3 is 5.97 Å². The number of aryl methyl sites for hydroxylation is 2. The van der Waals surface area contributed by atoms with Gasteiger partial charge in [-0.1, -0.05) is 0 Å². The van der Waals surface area contributed by atoms with Crippen LogP contribution in [0.3, 0.4) is 0 Å². The summed E-state index contributed by atoms with van der Waals surface area (Å²) in [5, 5.41) is 7.29. The van der Waals surface area contributed by atoms with Crippen molar-refractivity contribution in [3.8, 4) is 0 Å². The number of methoxy groups -OCH3 is 1. The standard InChI is InChI=1S/C11H14N4O2/c1-14-7-8(6-9(14)11(16)17-3)12-10-4-5-15(2)13-10/h4-7H,1-3H3,(H,12,13). The maximum Gasteiger partial charge on any atom is 0.354 e. The monoisotopic (exact) mass is 234 g/mol. The number of carbonyl (C=O) groups is 1. The van der Waals surface area contributed by atoms with E-state index in [0.29, 0.717) is 5.69 Å². The predicted octanol–water partition coefficient (Wildman–Crippen LogP) is 1.29. The number of hydrogen-bond acceptors (Lipinski definition) is 4. The molecular formula is C11H14N4O2. The van der Waals surface area contributed by atoms with Gasteiger partial charge in [0.15, 0.2) is 5.82 Å². The van der Waals surface area contributed by atoms with E-state index in [9.17, 15) is 4.79 Å². The molecule has 0 saturated carbocycles. The van der Waals surface area contributed by atoms with E-state index in [2.05, 4.69) is 15.2 Å². The molecule has 0 aromatic carbocycles. The van der Waals surface area contributed by atoms with Gasteiger partial charge in [0, 0.05) is 32.6 Å². The van der Waals surface area contributed by atoms with E-state index in [1.807, 2.05) is 19.3 Å². The third-order valence-electron chi connectivity index (χ3n) is 2.39. The Morgan fingerprint density at radius 3 is 2.82 bits per heavy atom. The lowest BCUT2D eigenvalue weighted by Crippen LogP contribution is -2.06. The third kappa shape index (κ3) is 2.30. The second-order valence-electron chi connectivity index (χ2n) is 3.72. The number of rotatable bonds is 3. The minimum absolute atomic E-state index is 0.360. The van der Waals surface area contributed by atoms with E-state index in [0.717, 1.165) is 11.5 Å². The second-order valence-corrected chi connectivity index (χ2v) is 3.72. The molecule has 2 aromatic rings. The zero-order valence-corrected chi connectivity index (χ0v) is 9.97. The fraction of sp³-hybridized carbons (Fsp3) is 0.273. The van der Waals surface area contributed by atoms with Gasteiger partial charge in [-0.3, -0.25) is 4.68 Å². The lowest BCUT2D eigenvalue weighted by molar-refractivity contribution is 0.0590. The van der Waals surface area contributed by atoms with Crippen molar-refractivity contribution in [2.24, 2.45) is 14.1 Å². The molecule has 2 heterocycles. The summed E-state index contributed by atoms with van der Waals surface area (Å²) in [6, 6.07) is 3.57. The van der Waals surface area contributed by atoms with Crippen LogP contribution >= 0.6 is 0 Å². The van der Waals surface area contributed by atoms with Crippen molar-refractivity contribution in [3.63, 3.8) is 0 Å². The Balaban J connectivity index is 2.20. The molecular weight excluding hydrogens is 220 g/mol. The van der Waals surface area contributed by atoms with Crippen molar-refractivity contribution in [3.05, 3.63) is 30.2 Å². The van der Waals surface area contributed by atoms with Crippen LogP contribution in [-0.2, 0) is 18.8 Å². The summed E-state index contributed by atoms with van der Waals surface area (Å²) >= 11 is 0. The Bertz CT molecular complexity index is 541. The van der Waals surface area contributed by atoms with Crippen molar-refractivity contribution in [1.29, 1.82) is 0 Å². The van der Waals surface area contributed by atoms with Crippen LogP contribution in [0.15, 0.2) is 24.5 Å². The lowest BCUT2D eigenvalue weighted by Gasteiger charge is -1.98. The number of ether oxygens (including phenoxy) is 1. The van der Waals surface area contributed by atoms with Gasteiger partial charge in [0.25, 0.3) is 0 Å². The molecule has 0 atom stereocenters. The number of aromatic nitrogens is 3. The number of carbonyl (C=O) groups excluding carboxylic acids is 1. The minimum atomic E-state index is -0.360. The fourth-order valence-electron chi connectivity index (χ4n) is 1.57. The van der Waals surface area contributed by atoms with Crippen LogP contribution in [-0.4, -0.2) is 27.4 Å². The van der Waals surface area contributed by atoms with Crippen LogP contribution in [0.1, 0.15) is 10.5 Å². The Kier molecular flexibility index (Phi) is 2.86. The van der Waals surface area contributed by atoms with Crippen molar-refractivity contribution in [2.75, 3.05) is 12.4 Å². The Morgan fingerprint density at radius 1 is 1.47 bits per heavy atom. The Morgan fingerprint density at radius 2 is 2.24 bits per heavy atom. The molecule has 0 radical (unpaired) electrons. The van der Waals surface area contributed by atoms with Crippen molar-refractivity contribution >= 4 is 17.5 Å². The normalized spacial score (nSPS) is 10.3. The smallest absolute Gasteiger partial charge is 0.354 e. The van der Waals surface area contributed by atoms with Crippen molar-refractivity contribution in [1.82, 2.24) is 14.3 Å². The molecule has 0 unspecified atom stereocenters. The molecule has 0 aliphatic heterocycles. The number of nitrogens with zero attached hydrogens (tertiary/aromatic N) is 3. The molecule has 6 heteroatoms. The first-order valence-corrected chi connectivity index (χ1v) is 5.11. The summed E-state index contributed by atoms with van der Waals surface area (Å²) in [5.74, 6) is 0.371. The highest BCUT2D eigenvalue weighted by molar-refractivity contribution is 5.89. The zero-order chi connectivity index (χ0) is 12.4. The Hall–Kier alpha value is -2.24. The van der Waals surface area contributed by atoms with E-state index in [1.54, 1.807) is 28.6 Å². The molecule has 0 bridgehead atoms. The fourth-order valence-corrected chi connectivity index (χ4v) is 1.57. The molecule has 0 aliphatic carbocycles. The highest BCUT2D eigenvalue weighted by atomic mass is 16.5. The largest absolute Gasteiger partial charge is 0.464 e. The van der Waals surface area contributed by atoms with E-state index < -0.39 is 0 Å². The number of hydrogen-bond donors (Lipinski definition) is 1. The lowest BCUT2D eigenvalue weighted by atomic mass is 10.4. The topological polar surface area (TPSA) is 61.1 Å². The molecule has 2 rings (SSSR count).